The van der Waals surface area contributed by atoms with Gasteiger partial charge in [-0.15, -0.1) is 0 Å². The minimum atomic E-state index is -0.369. The second-order valence-corrected chi connectivity index (χ2v) is 2.49. The molecule has 0 unspecified atom stereocenters. The van der Waals surface area contributed by atoms with E-state index >= 15 is 0 Å². The highest BCUT2D eigenvalue weighted by Crippen LogP contribution is 2.21. The first-order chi connectivity index (χ1) is 5.68. The SMILES string of the molecule is Cc1noc2c(O)cc(=O)[nH]c12. The lowest BCUT2D eigenvalue weighted by molar-refractivity contribution is 0.418. The van der Waals surface area contributed by atoms with Crippen molar-refractivity contribution in [1.29, 1.82) is 0 Å². The minimum absolute atomic E-state index is 0.186. The van der Waals surface area contributed by atoms with Gasteiger partial charge in [0.2, 0.25) is 5.58 Å². The van der Waals surface area contributed by atoms with Crippen molar-refractivity contribution in [1.82, 2.24) is 10.1 Å². The van der Waals surface area contributed by atoms with Crippen LogP contribution in [0.1, 0.15) is 5.69 Å². The number of rotatable bonds is 0. The summed E-state index contributed by atoms with van der Waals surface area (Å²) in [5.74, 6) is -0.186. The summed E-state index contributed by atoms with van der Waals surface area (Å²) in [7, 11) is 0. The first-order valence-electron chi connectivity index (χ1n) is 3.37. The highest BCUT2D eigenvalue weighted by Gasteiger charge is 2.09. The van der Waals surface area contributed by atoms with Crippen LogP contribution in [0.15, 0.2) is 15.4 Å². The minimum Gasteiger partial charge on any atom is -0.504 e. The second kappa shape index (κ2) is 2.10. The molecule has 2 rings (SSSR count). The lowest BCUT2D eigenvalue weighted by Crippen LogP contribution is -2.02. The summed E-state index contributed by atoms with van der Waals surface area (Å²) >= 11 is 0. The van der Waals surface area contributed by atoms with Crippen molar-refractivity contribution in [3.8, 4) is 5.75 Å². The third kappa shape index (κ3) is 0.795. The van der Waals surface area contributed by atoms with Gasteiger partial charge in [0.25, 0.3) is 5.56 Å². The van der Waals surface area contributed by atoms with E-state index in [1.54, 1.807) is 6.92 Å². The smallest absolute Gasteiger partial charge is 0.252 e. The Kier molecular flexibility index (Phi) is 1.21. The number of aromatic hydroxyl groups is 1. The first kappa shape index (κ1) is 6.90. The first-order valence-corrected chi connectivity index (χ1v) is 3.37. The van der Waals surface area contributed by atoms with Crippen LogP contribution in [0, 0.1) is 6.92 Å². The number of fused-ring (bicyclic) bond motifs is 1. The molecule has 0 radical (unpaired) electrons. The molecular formula is C7H6N2O3. The van der Waals surface area contributed by atoms with Crippen molar-refractivity contribution in [2.45, 2.75) is 6.92 Å². The monoisotopic (exact) mass is 166 g/mol. The van der Waals surface area contributed by atoms with Crippen LogP contribution in [0.4, 0.5) is 0 Å². The largest absolute Gasteiger partial charge is 0.504 e. The maximum absolute atomic E-state index is 10.9. The molecule has 5 nitrogen and oxygen atoms in total. The Morgan fingerprint density at radius 3 is 3.17 bits per heavy atom. The van der Waals surface area contributed by atoms with Gasteiger partial charge in [-0.3, -0.25) is 4.79 Å². The summed E-state index contributed by atoms with van der Waals surface area (Å²) in [6, 6.07) is 1.05. The summed E-state index contributed by atoms with van der Waals surface area (Å²) in [4.78, 5) is 13.4. The van der Waals surface area contributed by atoms with Crippen molar-refractivity contribution in [2.24, 2.45) is 0 Å². The molecule has 0 aliphatic carbocycles. The van der Waals surface area contributed by atoms with E-state index in [9.17, 15) is 9.90 Å². The number of pyridine rings is 1. The number of hydrogen-bond donors (Lipinski definition) is 2. The molecule has 0 saturated heterocycles. The number of nitrogens with one attached hydrogen (secondary N) is 1. The fourth-order valence-electron chi connectivity index (χ4n) is 1.04. The molecule has 0 aromatic carbocycles. The molecule has 2 N–H and O–H groups in total. The lowest BCUT2D eigenvalue weighted by Gasteiger charge is -1.89. The third-order valence-electron chi connectivity index (χ3n) is 1.61. The van der Waals surface area contributed by atoms with Crippen LogP contribution in [-0.2, 0) is 0 Å². The van der Waals surface area contributed by atoms with Crippen LogP contribution in [-0.4, -0.2) is 15.2 Å². The van der Waals surface area contributed by atoms with E-state index in [0.717, 1.165) is 6.07 Å². The molecule has 2 heterocycles. The highest BCUT2D eigenvalue weighted by molar-refractivity contribution is 5.79. The Morgan fingerprint density at radius 1 is 1.67 bits per heavy atom. The van der Waals surface area contributed by atoms with Crippen molar-refractivity contribution in [3.63, 3.8) is 0 Å². The van der Waals surface area contributed by atoms with Crippen molar-refractivity contribution >= 4 is 11.1 Å². The van der Waals surface area contributed by atoms with Gasteiger partial charge in [0.1, 0.15) is 11.2 Å². The van der Waals surface area contributed by atoms with Gasteiger partial charge in [-0.25, -0.2) is 0 Å². The molecule has 0 amide bonds. The average Bonchev–Trinajstić information content (AvgIpc) is 2.33. The predicted molar refractivity (Wildman–Crippen MR) is 41.0 cm³/mol. The lowest BCUT2D eigenvalue weighted by atomic mass is 10.3. The summed E-state index contributed by atoms with van der Waals surface area (Å²) < 4.78 is 4.76. The normalized spacial score (nSPS) is 10.8. The van der Waals surface area contributed by atoms with Gasteiger partial charge in [-0.05, 0) is 6.92 Å². The quantitative estimate of drug-likeness (QED) is 0.598. The average molecular weight is 166 g/mol. The molecule has 0 aliphatic heterocycles. The zero-order valence-electron chi connectivity index (χ0n) is 6.29. The number of nitrogens with zero attached hydrogens (tertiary/aromatic N) is 1. The van der Waals surface area contributed by atoms with Gasteiger partial charge in [0.15, 0.2) is 5.75 Å². The van der Waals surface area contributed by atoms with Crippen LogP contribution < -0.4 is 5.56 Å². The number of aromatic amines is 1. The van der Waals surface area contributed by atoms with E-state index in [-0.39, 0.29) is 16.9 Å². The molecule has 0 bridgehead atoms. The van der Waals surface area contributed by atoms with E-state index in [0.29, 0.717) is 11.2 Å². The van der Waals surface area contributed by atoms with Gasteiger partial charge < -0.3 is 14.6 Å². The summed E-state index contributed by atoms with van der Waals surface area (Å²) in [6.07, 6.45) is 0. The van der Waals surface area contributed by atoms with Gasteiger partial charge in [-0.1, -0.05) is 5.16 Å². The van der Waals surface area contributed by atoms with Crippen molar-refractivity contribution < 1.29 is 9.63 Å². The van der Waals surface area contributed by atoms with E-state index in [2.05, 4.69) is 10.1 Å². The molecule has 0 spiro atoms. The Bertz CT molecular complexity index is 483. The van der Waals surface area contributed by atoms with Crippen LogP contribution >= 0.6 is 0 Å². The molecule has 62 valence electrons. The van der Waals surface area contributed by atoms with Crippen LogP contribution in [0.25, 0.3) is 11.1 Å². The number of hydrogen-bond acceptors (Lipinski definition) is 4. The van der Waals surface area contributed by atoms with E-state index in [1.807, 2.05) is 0 Å². The predicted octanol–water partition coefficient (Wildman–Crippen LogP) is 0.530. The fraction of sp³-hybridized carbons (Fsp3) is 0.143. The molecule has 0 fully saturated rings. The van der Waals surface area contributed by atoms with Gasteiger partial charge >= 0.3 is 0 Å². The zero-order valence-corrected chi connectivity index (χ0v) is 6.29. The molecule has 0 atom stereocenters. The molecule has 2 aromatic rings. The van der Waals surface area contributed by atoms with E-state index in [4.69, 9.17) is 4.52 Å². The standard InChI is InChI=1S/C7H6N2O3/c1-3-6-7(12-9-3)4(10)2-5(11)8-6/h2H,1H3,(H2,8,10,11). The van der Waals surface area contributed by atoms with E-state index in [1.165, 1.54) is 0 Å². The highest BCUT2D eigenvalue weighted by atomic mass is 16.5. The van der Waals surface area contributed by atoms with Crippen LogP contribution in [0.5, 0.6) is 5.75 Å². The Morgan fingerprint density at radius 2 is 2.42 bits per heavy atom. The Balaban J connectivity index is 3.02. The molecule has 12 heavy (non-hydrogen) atoms. The maximum Gasteiger partial charge on any atom is 0.252 e. The Hall–Kier alpha value is -1.78. The van der Waals surface area contributed by atoms with E-state index < -0.39 is 0 Å². The number of aryl methyl sites for hydroxylation is 1. The summed E-state index contributed by atoms with van der Waals surface area (Å²) in [5.41, 5.74) is 0.844. The van der Waals surface area contributed by atoms with Crippen LogP contribution in [0.2, 0.25) is 0 Å². The van der Waals surface area contributed by atoms with Gasteiger partial charge in [0, 0.05) is 6.07 Å². The maximum atomic E-state index is 10.9. The van der Waals surface area contributed by atoms with Gasteiger partial charge in [0.05, 0.1) is 0 Å². The van der Waals surface area contributed by atoms with Crippen molar-refractivity contribution in [2.75, 3.05) is 0 Å². The molecule has 2 aromatic heterocycles. The topological polar surface area (TPSA) is 79.1 Å². The fourth-order valence-corrected chi connectivity index (χ4v) is 1.04. The zero-order chi connectivity index (χ0) is 8.72. The van der Waals surface area contributed by atoms with Crippen LogP contribution in [0.3, 0.4) is 0 Å². The molecule has 0 saturated carbocycles. The number of H-pyrrole nitrogens is 1. The molecule has 0 aliphatic rings. The van der Waals surface area contributed by atoms with Gasteiger partial charge in [-0.2, -0.15) is 0 Å². The number of aromatic nitrogens is 2. The second-order valence-electron chi connectivity index (χ2n) is 2.49. The third-order valence-corrected chi connectivity index (χ3v) is 1.61. The Labute approximate surface area is 66.6 Å². The molecular weight excluding hydrogens is 160 g/mol. The molecule has 5 heteroatoms. The van der Waals surface area contributed by atoms with Crippen molar-refractivity contribution in [3.05, 3.63) is 22.1 Å². The summed E-state index contributed by atoms with van der Waals surface area (Å²) in [6.45, 7) is 1.68. The summed E-state index contributed by atoms with van der Waals surface area (Å²) in [5, 5.41) is 12.8.